The van der Waals surface area contributed by atoms with Crippen LogP contribution in [0.1, 0.15) is 16.7 Å². The summed E-state index contributed by atoms with van der Waals surface area (Å²) in [6, 6.07) is 5.57. The molecule has 0 amide bonds. The lowest BCUT2D eigenvalue weighted by atomic mass is 10.0. The molecular formula is C22H24O6. The van der Waals surface area contributed by atoms with Crippen LogP contribution < -0.4 is 24.4 Å². The Hall–Kier alpha value is -3.15. The molecule has 0 atom stereocenters. The van der Waals surface area contributed by atoms with Crippen LogP contribution in [0.3, 0.4) is 0 Å². The fraction of sp³-hybridized carbons (Fsp3) is 0.318. The summed E-state index contributed by atoms with van der Waals surface area (Å²) in [5.41, 5.74) is 3.29. The summed E-state index contributed by atoms with van der Waals surface area (Å²) in [5.74, 6) is 2.04. The topological polar surface area (TPSA) is 67.1 Å². The smallest absolute Gasteiger partial charge is 0.239 e. The first kappa shape index (κ1) is 19.6. The fourth-order valence-corrected chi connectivity index (χ4v) is 3.42. The monoisotopic (exact) mass is 384 g/mol. The van der Waals surface area contributed by atoms with E-state index in [0.29, 0.717) is 39.5 Å². The van der Waals surface area contributed by atoms with Crippen molar-refractivity contribution >= 4 is 11.0 Å². The maximum absolute atomic E-state index is 13.3. The molecule has 28 heavy (non-hydrogen) atoms. The van der Waals surface area contributed by atoms with Crippen molar-refractivity contribution in [3.63, 3.8) is 0 Å². The van der Waals surface area contributed by atoms with Crippen LogP contribution in [0.5, 0.6) is 23.0 Å². The van der Waals surface area contributed by atoms with Gasteiger partial charge in [0.2, 0.25) is 11.2 Å². The van der Waals surface area contributed by atoms with E-state index in [2.05, 4.69) is 0 Å². The molecule has 0 unspecified atom stereocenters. The van der Waals surface area contributed by atoms with Crippen molar-refractivity contribution in [3.05, 3.63) is 45.1 Å². The van der Waals surface area contributed by atoms with E-state index in [1.165, 1.54) is 14.2 Å². The molecule has 0 bridgehead atoms. The maximum atomic E-state index is 13.3. The van der Waals surface area contributed by atoms with Crippen LogP contribution in [0.15, 0.2) is 27.4 Å². The molecule has 0 aliphatic rings. The molecule has 148 valence electrons. The summed E-state index contributed by atoms with van der Waals surface area (Å²) < 4.78 is 28.2. The lowest BCUT2D eigenvalue weighted by molar-refractivity contribution is 0.383. The van der Waals surface area contributed by atoms with Gasteiger partial charge in [-0.1, -0.05) is 12.1 Å². The zero-order valence-corrected chi connectivity index (χ0v) is 17.2. The molecule has 0 N–H and O–H groups in total. The van der Waals surface area contributed by atoms with E-state index in [9.17, 15) is 4.79 Å². The van der Waals surface area contributed by atoms with Crippen molar-refractivity contribution < 1.29 is 23.4 Å². The van der Waals surface area contributed by atoms with E-state index in [-0.39, 0.29) is 11.2 Å². The van der Waals surface area contributed by atoms with Gasteiger partial charge in [-0.15, -0.1) is 0 Å². The molecule has 0 spiro atoms. The molecule has 0 aliphatic heterocycles. The van der Waals surface area contributed by atoms with Crippen molar-refractivity contribution in [2.24, 2.45) is 0 Å². The van der Waals surface area contributed by atoms with Gasteiger partial charge < -0.3 is 23.4 Å². The Bertz CT molecular complexity index is 1110. The van der Waals surface area contributed by atoms with E-state index in [1.54, 1.807) is 14.2 Å². The van der Waals surface area contributed by atoms with E-state index >= 15 is 0 Å². The summed E-state index contributed by atoms with van der Waals surface area (Å²) >= 11 is 0. The van der Waals surface area contributed by atoms with Crippen LogP contribution in [-0.4, -0.2) is 28.4 Å². The number of fused-ring (bicyclic) bond motifs is 1. The SMILES string of the molecule is COc1cc(-c2oc3c(OC)c(C)c(C)c(OC)c3c(=O)c2OC)ccc1C. The quantitative estimate of drug-likeness (QED) is 0.649. The highest BCUT2D eigenvalue weighted by Crippen LogP contribution is 2.42. The molecule has 6 heteroatoms. The zero-order valence-electron chi connectivity index (χ0n) is 17.2. The van der Waals surface area contributed by atoms with Gasteiger partial charge in [0.1, 0.15) is 16.9 Å². The number of aryl methyl sites for hydroxylation is 1. The van der Waals surface area contributed by atoms with Crippen molar-refractivity contribution in [2.45, 2.75) is 20.8 Å². The zero-order chi connectivity index (χ0) is 20.6. The van der Waals surface area contributed by atoms with Crippen LogP contribution in [0, 0.1) is 20.8 Å². The van der Waals surface area contributed by atoms with Crippen LogP contribution >= 0.6 is 0 Å². The second-order valence-electron chi connectivity index (χ2n) is 6.50. The molecule has 3 rings (SSSR count). The molecule has 3 aromatic rings. The minimum Gasteiger partial charge on any atom is -0.496 e. The standard InChI is InChI=1S/C22H24O6/c1-11-8-9-14(10-15(11)24-4)20-22(27-7)17(23)16-18(25-5)12(2)13(3)19(26-6)21(16)28-20/h8-10H,1-7H3. The van der Waals surface area contributed by atoms with Gasteiger partial charge >= 0.3 is 0 Å². The van der Waals surface area contributed by atoms with Crippen LogP contribution in [0.4, 0.5) is 0 Å². The Balaban J connectivity index is 2.50. The third kappa shape index (κ3) is 2.85. The van der Waals surface area contributed by atoms with Crippen LogP contribution in [0.2, 0.25) is 0 Å². The summed E-state index contributed by atoms with van der Waals surface area (Å²) in [4.78, 5) is 13.3. The third-order valence-electron chi connectivity index (χ3n) is 5.03. The largest absolute Gasteiger partial charge is 0.496 e. The predicted molar refractivity (Wildman–Crippen MR) is 108 cm³/mol. The lowest BCUT2D eigenvalue weighted by Gasteiger charge is -2.17. The number of methoxy groups -OCH3 is 4. The molecule has 0 saturated heterocycles. The molecular weight excluding hydrogens is 360 g/mol. The van der Waals surface area contributed by atoms with Gasteiger partial charge in [-0.05, 0) is 38.0 Å². The maximum Gasteiger partial charge on any atom is 0.239 e. The Morgan fingerprint density at radius 1 is 0.786 bits per heavy atom. The molecule has 2 aromatic carbocycles. The van der Waals surface area contributed by atoms with Gasteiger partial charge in [0.25, 0.3) is 0 Å². The van der Waals surface area contributed by atoms with Gasteiger partial charge in [0, 0.05) is 11.1 Å². The average molecular weight is 384 g/mol. The lowest BCUT2D eigenvalue weighted by Crippen LogP contribution is -2.11. The average Bonchev–Trinajstić information content (AvgIpc) is 2.70. The second kappa shape index (κ2) is 7.46. The van der Waals surface area contributed by atoms with Crippen molar-refractivity contribution in [2.75, 3.05) is 28.4 Å². The number of benzene rings is 2. The van der Waals surface area contributed by atoms with Crippen molar-refractivity contribution in [1.29, 1.82) is 0 Å². The molecule has 0 radical (unpaired) electrons. The van der Waals surface area contributed by atoms with E-state index in [4.69, 9.17) is 23.4 Å². The molecule has 0 aliphatic carbocycles. The Morgan fingerprint density at radius 3 is 1.96 bits per heavy atom. The molecule has 0 fully saturated rings. The highest BCUT2D eigenvalue weighted by molar-refractivity contribution is 5.94. The number of rotatable bonds is 5. The van der Waals surface area contributed by atoms with Crippen molar-refractivity contribution in [3.8, 4) is 34.3 Å². The van der Waals surface area contributed by atoms with Gasteiger partial charge in [0.05, 0.1) is 28.4 Å². The molecule has 1 aromatic heterocycles. The molecule has 6 nitrogen and oxygen atoms in total. The van der Waals surface area contributed by atoms with Crippen molar-refractivity contribution in [1.82, 2.24) is 0 Å². The first-order chi connectivity index (χ1) is 13.4. The first-order valence-electron chi connectivity index (χ1n) is 8.80. The first-order valence-corrected chi connectivity index (χ1v) is 8.80. The highest BCUT2D eigenvalue weighted by Gasteiger charge is 2.26. The second-order valence-corrected chi connectivity index (χ2v) is 6.50. The van der Waals surface area contributed by atoms with Gasteiger partial charge in [-0.2, -0.15) is 0 Å². The number of ether oxygens (including phenoxy) is 4. The number of hydrogen-bond donors (Lipinski definition) is 0. The minimum atomic E-state index is -0.323. The summed E-state index contributed by atoms with van der Waals surface area (Å²) in [6.07, 6.45) is 0. The molecule has 0 saturated carbocycles. The predicted octanol–water partition coefficient (Wildman–Crippen LogP) is 4.42. The molecule has 1 heterocycles. The summed E-state index contributed by atoms with van der Waals surface area (Å²) in [5, 5.41) is 0.294. The fourth-order valence-electron chi connectivity index (χ4n) is 3.42. The Morgan fingerprint density at radius 2 is 1.39 bits per heavy atom. The highest BCUT2D eigenvalue weighted by atomic mass is 16.5. The normalized spacial score (nSPS) is 10.8. The minimum absolute atomic E-state index is 0.0991. The Labute approximate surface area is 163 Å². The number of hydrogen-bond acceptors (Lipinski definition) is 6. The van der Waals surface area contributed by atoms with Gasteiger partial charge in [-0.25, -0.2) is 0 Å². The van der Waals surface area contributed by atoms with E-state index in [0.717, 1.165) is 16.7 Å². The van der Waals surface area contributed by atoms with Crippen LogP contribution in [-0.2, 0) is 0 Å². The van der Waals surface area contributed by atoms with E-state index < -0.39 is 0 Å². The van der Waals surface area contributed by atoms with Gasteiger partial charge in [-0.3, -0.25) is 4.79 Å². The summed E-state index contributed by atoms with van der Waals surface area (Å²) in [6.45, 7) is 5.71. The Kier molecular flexibility index (Phi) is 5.23. The van der Waals surface area contributed by atoms with Gasteiger partial charge in [0.15, 0.2) is 17.1 Å². The van der Waals surface area contributed by atoms with E-state index in [1.807, 2.05) is 39.0 Å². The van der Waals surface area contributed by atoms with Crippen LogP contribution in [0.25, 0.3) is 22.3 Å². The summed E-state index contributed by atoms with van der Waals surface area (Å²) in [7, 11) is 6.11. The third-order valence-corrected chi connectivity index (χ3v) is 5.03.